The van der Waals surface area contributed by atoms with Gasteiger partial charge in [0.05, 0.1) is 26.5 Å². The van der Waals surface area contributed by atoms with E-state index in [-0.39, 0.29) is 19.2 Å². The van der Waals surface area contributed by atoms with Gasteiger partial charge in [-0.05, 0) is 30.7 Å². The maximum Gasteiger partial charge on any atom is 0.320 e. The zero-order valence-electron chi connectivity index (χ0n) is 15.1. The summed E-state index contributed by atoms with van der Waals surface area (Å²) in [5, 5.41) is 5.36. The van der Waals surface area contributed by atoms with Gasteiger partial charge in [-0.25, -0.2) is 4.79 Å². The third-order valence-electron chi connectivity index (χ3n) is 3.51. The van der Waals surface area contributed by atoms with Gasteiger partial charge < -0.3 is 24.8 Å². The highest BCUT2D eigenvalue weighted by Gasteiger charge is 2.07. The highest BCUT2D eigenvalue weighted by molar-refractivity contribution is 5.91. The second kappa shape index (κ2) is 9.84. The third kappa shape index (κ3) is 5.64. The van der Waals surface area contributed by atoms with Crippen molar-refractivity contribution in [3.05, 3.63) is 48.0 Å². The lowest BCUT2D eigenvalue weighted by Crippen LogP contribution is -2.29. The molecule has 0 saturated carbocycles. The van der Waals surface area contributed by atoms with Crippen molar-refractivity contribution in [2.45, 2.75) is 6.92 Å². The van der Waals surface area contributed by atoms with Crippen LogP contribution in [0, 0.1) is 18.8 Å². The molecule has 6 heteroatoms. The Labute approximate surface area is 153 Å². The first kappa shape index (κ1) is 19.0. The first-order valence-corrected chi connectivity index (χ1v) is 8.05. The van der Waals surface area contributed by atoms with Crippen molar-refractivity contribution in [2.75, 3.05) is 32.7 Å². The van der Waals surface area contributed by atoms with Gasteiger partial charge in [-0.3, -0.25) is 0 Å². The van der Waals surface area contributed by atoms with Gasteiger partial charge in [-0.2, -0.15) is 0 Å². The molecule has 0 aliphatic carbocycles. The number of urea groups is 1. The van der Waals surface area contributed by atoms with E-state index in [0.717, 1.165) is 11.3 Å². The summed E-state index contributed by atoms with van der Waals surface area (Å²) in [6, 6.07) is 12.5. The molecule has 0 saturated heterocycles. The third-order valence-corrected chi connectivity index (χ3v) is 3.51. The number of benzene rings is 2. The molecule has 6 nitrogen and oxygen atoms in total. The molecule has 0 aliphatic rings. The molecular weight excluding hydrogens is 332 g/mol. The van der Waals surface area contributed by atoms with Crippen LogP contribution in [0.25, 0.3) is 0 Å². The van der Waals surface area contributed by atoms with E-state index in [1.807, 2.05) is 31.2 Å². The van der Waals surface area contributed by atoms with Gasteiger partial charge in [0.2, 0.25) is 0 Å². The van der Waals surface area contributed by atoms with Crippen LogP contribution < -0.4 is 24.8 Å². The van der Waals surface area contributed by atoms with E-state index in [9.17, 15) is 4.79 Å². The molecule has 2 rings (SSSR count). The largest absolute Gasteiger partial charge is 0.497 e. The Balaban J connectivity index is 1.77. The molecule has 0 radical (unpaired) electrons. The summed E-state index contributed by atoms with van der Waals surface area (Å²) in [4.78, 5) is 11.9. The van der Waals surface area contributed by atoms with Gasteiger partial charge in [0.1, 0.15) is 23.9 Å². The molecule has 136 valence electrons. The quantitative estimate of drug-likeness (QED) is 0.782. The smallest absolute Gasteiger partial charge is 0.320 e. The van der Waals surface area contributed by atoms with E-state index in [2.05, 4.69) is 22.5 Å². The van der Waals surface area contributed by atoms with Crippen molar-refractivity contribution in [1.82, 2.24) is 5.32 Å². The first-order valence-electron chi connectivity index (χ1n) is 8.05. The molecule has 2 aromatic rings. The number of hydrogen-bond donors (Lipinski definition) is 2. The molecule has 0 unspecified atom stereocenters. The van der Waals surface area contributed by atoms with E-state index in [0.29, 0.717) is 17.2 Å². The topological polar surface area (TPSA) is 68.8 Å². The standard InChI is InChI=1S/C20H22N2O4/c1-15-8-4-5-9-18(15)26-13-7-6-12-21-20(23)22-17-11-10-16(24-2)14-19(17)25-3/h4-5,8-11,14H,12-13H2,1-3H3,(H2,21,22,23). The summed E-state index contributed by atoms with van der Waals surface area (Å²) in [7, 11) is 3.09. The molecule has 26 heavy (non-hydrogen) atoms. The fraction of sp³-hybridized carbons (Fsp3) is 0.250. The van der Waals surface area contributed by atoms with Crippen molar-refractivity contribution in [3.8, 4) is 29.1 Å². The molecule has 2 aromatic carbocycles. The highest BCUT2D eigenvalue weighted by atomic mass is 16.5. The highest BCUT2D eigenvalue weighted by Crippen LogP contribution is 2.28. The number of carbonyl (C=O) groups is 1. The van der Waals surface area contributed by atoms with E-state index in [1.165, 1.54) is 7.11 Å². The molecule has 0 heterocycles. The summed E-state index contributed by atoms with van der Waals surface area (Å²) in [6.07, 6.45) is 0. The average Bonchev–Trinajstić information content (AvgIpc) is 2.66. The van der Waals surface area contributed by atoms with E-state index in [1.54, 1.807) is 25.3 Å². The molecular formula is C20H22N2O4. The van der Waals surface area contributed by atoms with Crippen LogP contribution in [0.15, 0.2) is 42.5 Å². The van der Waals surface area contributed by atoms with E-state index < -0.39 is 0 Å². The normalized spacial score (nSPS) is 9.50. The number of carbonyl (C=O) groups excluding carboxylic acids is 1. The van der Waals surface area contributed by atoms with E-state index >= 15 is 0 Å². The summed E-state index contributed by atoms with van der Waals surface area (Å²) < 4.78 is 15.9. The molecule has 0 bridgehead atoms. The fourth-order valence-corrected chi connectivity index (χ4v) is 2.14. The number of hydrogen-bond acceptors (Lipinski definition) is 4. The van der Waals surface area contributed by atoms with E-state index in [4.69, 9.17) is 14.2 Å². The predicted molar refractivity (Wildman–Crippen MR) is 101 cm³/mol. The summed E-state index contributed by atoms with van der Waals surface area (Å²) in [5.41, 5.74) is 1.60. The zero-order valence-corrected chi connectivity index (χ0v) is 15.1. The van der Waals surface area contributed by atoms with Crippen molar-refractivity contribution in [1.29, 1.82) is 0 Å². The monoisotopic (exact) mass is 354 g/mol. The summed E-state index contributed by atoms with van der Waals surface area (Å²) in [5.74, 6) is 7.66. The lowest BCUT2D eigenvalue weighted by Gasteiger charge is -2.11. The number of nitrogens with one attached hydrogen (secondary N) is 2. The fourth-order valence-electron chi connectivity index (χ4n) is 2.14. The van der Waals surface area contributed by atoms with Gasteiger partial charge in [0.15, 0.2) is 0 Å². The van der Waals surface area contributed by atoms with Gasteiger partial charge in [-0.1, -0.05) is 30.0 Å². The minimum absolute atomic E-state index is 0.210. The van der Waals surface area contributed by atoms with Gasteiger partial charge in [0.25, 0.3) is 0 Å². The van der Waals surface area contributed by atoms with Crippen LogP contribution in [0.4, 0.5) is 10.5 Å². The van der Waals surface area contributed by atoms with Gasteiger partial charge >= 0.3 is 6.03 Å². The van der Waals surface area contributed by atoms with Crippen LogP contribution in [0.3, 0.4) is 0 Å². The second-order valence-corrected chi connectivity index (χ2v) is 5.28. The van der Waals surface area contributed by atoms with Crippen LogP contribution in [-0.4, -0.2) is 33.4 Å². The maximum absolute atomic E-state index is 11.9. The Bertz CT molecular complexity index is 809. The SMILES string of the molecule is COc1ccc(NC(=O)NCC#CCOc2ccccc2C)c(OC)c1. The van der Waals surface area contributed by atoms with Crippen molar-refractivity contribution >= 4 is 11.7 Å². The number of amides is 2. The van der Waals surface area contributed by atoms with Crippen LogP contribution in [-0.2, 0) is 0 Å². The Kier molecular flexibility index (Phi) is 7.19. The van der Waals surface area contributed by atoms with Crippen LogP contribution >= 0.6 is 0 Å². The summed E-state index contributed by atoms with van der Waals surface area (Å²) >= 11 is 0. The van der Waals surface area contributed by atoms with Crippen molar-refractivity contribution < 1.29 is 19.0 Å². The Morgan fingerprint density at radius 2 is 1.85 bits per heavy atom. The number of aryl methyl sites for hydroxylation is 1. The number of ether oxygens (including phenoxy) is 3. The average molecular weight is 354 g/mol. The number of methoxy groups -OCH3 is 2. The Morgan fingerprint density at radius 3 is 2.58 bits per heavy atom. The molecule has 2 N–H and O–H groups in total. The maximum atomic E-state index is 11.9. The van der Waals surface area contributed by atoms with Gasteiger partial charge in [0, 0.05) is 6.07 Å². The van der Waals surface area contributed by atoms with Crippen molar-refractivity contribution in [2.24, 2.45) is 0 Å². The van der Waals surface area contributed by atoms with Crippen molar-refractivity contribution in [3.63, 3.8) is 0 Å². The number of para-hydroxylation sites is 1. The Hall–Kier alpha value is -3.33. The molecule has 0 fully saturated rings. The van der Waals surface area contributed by atoms with Gasteiger partial charge in [-0.15, -0.1) is 0 Å². The summed E-state index contributed by atoms with van der Waals surface area (Å²) in [6.45, 7) is 2.45. The molecule has 0 aromatic heterocycles. The minimum Gasteiger partial charge on any atom is -0.497 e. The molecule has 0 atom stereocenters. The van der Waals surface area contributed by atoms with Crippen LogP contribution in [0.2, 0.25) is 0 Å². The Morgan fingerprint density at radius 1 is 1.04 bits per heavy atom. The number of rotatable bonds is 6. The lowest BCUT2D eigenvalue weighted by atomic mass is 10.2. The molecule has 0 spiro atoms. The molecule has 2 amide bonds. The number of anilines is 1. The lowest BCUT2D eigenvalue weighted by molar-refractivity contribution is 0.253. The van der Waals surface area contributed by atoms with Crippen LogP contribution in [0.5, 0.6) is 17.2 Å². The zero-order chi connectivity index (χ0) is 18.8. The predicted octanol–water partition coefficient (Wildman–Crippen LogP) is 3.22. The molecule has 0 aliphatic heterocycles. The first-order chi connectivity index (χ1) is 12.6. The van der Waals surface area contributed by atoms with Crippen LogP contribution in [0.1, 0.15) is 5.56 Å². The second-order valence-electron chi connectivity index (χ2n) is 5.28. The minimum atomic E-state index is -0.373.